The van der Waals surface area contributed by atoms with Crippen LogP contribution in [0.1, 0.15) is 23.7 Å². The molecule has 0 bridgehead atoms. The molecule has 0 amide bonds. The summed E-state index contributed by atoms with van der Waals surface area (Å²) in [5, 5.41) is 0.440. The number of rotatable bonds is 4. The van der Waals surface area contributed by atoms with Gasteiger partial charge in [0.15, 0.2) is 5.78 Å². The molecule has 0 fully saturated rings. The lowest BCUT2D eigenvalue weighted by molar-refractivity contribution is -0.141. The number of hydrogen-bond acceptors (Lipinski definition) is 3. The number of ether oxygens (including phenoxy) is 1. The number of carbonyl (C=O) groups is 2. The molecule has 0 atom stereocenters. The molecule has 0 aliphatic heterocycles. The van der Waals surface area contributed by atoms with E-state index in [4.69, 9.17) is 11.6 Å². The molecule has 0 aromatic heterocycles. The van der Waals surface area contributed by atoms with Crippen LogP contribution in [0.3, 0.4) is 0 Å². The van der Waals surface area contributed by atoms with Gasteiger partial charge in [0.25, 0.3) is 0 Å². The Bertz CT molecular complexity index is 418. The van der Waals surface area contributed by atoms with Crippen LogP contribution in [0.5, 0.6) is 0 Å². The number of halogens is 2. The second-order valence-electron chi connectivity index (χ2n) is 3.03. The maximum Gasteiger partial charge on any atom is 0.313 e. The molecular formula is C11H10BrClO3. The van der Waals surface area contributed by atoms with Crippen molar-refractivity contribution in [2.45, 2.75) is 13.3 Å². The first-order valence-electron chi connectivity index (χ1n) is 4.68. The third kappa shape index (κ3) is 3.61. The Morgan fingerprint density at radius 3 is 2.69 bits per heavy atom. The van der Waals surface area contributed by atoms with Crippen LogP contribution in [0.2, 0.25) is 5.02 Å². The van der Waals surface area contributed by atoms with Gasteiger partial charge in [-0.15, -0.1) is 0 Å². The highest BCUT2D eigenvalue weighted by Crippen LogP contribution is 2.23. The van der Waals surface area contributed by atoms with Crippen LogP contribution >= 0.6 is 27.5 Å². The van der Waals surface area contributed by atoms with Crippen LogP contribution in [-0.4, -0.2) is 18.4 Å². The molecule has 0 radical (unpaired) electrons. The number of carbonyl (C=O) groups excluding carboxylic acids is 2. The van der Waals surface area contributed by atoms with Gasteiger partial charge in [0.05, 0.1) is 11.6 Å². The van der Waals surface area contributed by atoms with E-state index in [2.05, 4.69) is 20.7 Å². The third-order valence-electron chi connectivity index (χ3n) is 1.85. The van der Waals surface area contributed by atoms with Gasteiger partial charge in [-0.05, 0) is 35.0 Å². The Morgan fingerprint density at radius 1 is 1.44 bits per heavy atom. The normalized spacial score (nSPS) is 9.94. The van der Waals surface area contributed by atoms with E-state index in [9.17, 15) is 9.59 Å². The van der Waals surface area contributed by atoms with Crippen LogP contribution in [-0.2, 0) is 9.53 Å². The van der Waals surface area contributed by atoms with E-state index >= 15 is 0 Å². The average Bonchev–Trinajstić information content (AvgIpc) is 2.22. The van der Waals surface area contributed by atoms with Crippen molar-refractivity contribution in [3.05, 3.63) is 33.3 Å². The first kappa shape index (κ1) is 13.2. The fourth-order valence-corrected chi connectivity index (χ4v) is 1.54. The SMILES string of the molecule is CCOC(=O)CC(=O)c1ccc(Br)c(Cl)c1. The van der Waals surface area contributed by atoms with Crippen LogP contribution in [0.15, 0.2) is 22.7 Å². The number of esters is 1. The maximum atomic E-state index is 11.6. The lowest BCUT2D eigenvalue weighted by Gasteiger charge is -2.03. The highest BCUT2D eigenvalue weighted by atomic mass is 79.9. The molecule has 16 heavy (non-hydrogen) atoms. The van der Waals surface area contributed by atoms with Gasteiger partial charge >= 0.3 is 5.97 Å². The molecule has 3 nitrogen and oxygen atoms in total. The number of Topliss-reactive ketones (excluding diaryl/α,β-unsaturated/α-hetero) is 1. The summed E-state index contributed by atoms with van der Waals surface area (Å²) in [5.74, 6) is -0.820. The summed E-state index contributed by atoms with van der Waals surface area (Å²) in [6.45, 7) is 1.96. The van der Waals surface area contributed by atoms with Gasteiger partial charge in [-0.2, -0.15) is 0 Å². The van der Waals surface area contributed by atoms with Crippen molar-refractivity contribution in [2.24, 2.45) is 0 Å². The quantitative estimate of drug-likeness (QED) is 0.487. The lowest BCUT2D eigenvalue weighted by Crippen LogP contribution is -2.11. The van der Waals surface area contributed by atoms with Gasteiger partial charge in [0.1, 0.15) is 6.42 Å². The zero-order valence-electron chi connectivity index (χ0n) is 8.63. The van der Waals surface area contributed by atoms with Crippen LogP contribution in [0.25, 0.3) is 0 Å². The van der Waals surface area contributed by atoms with Crippen molar-refractivity contribution < 1.29 is 14.3 Å². The fourth-order valence-electron chi connectivity index (χ4n) is 1.11. The zero-order valence-corrected chi connectivity index (χ0v) is 11.0. The van der Waals surface area contributed by atoms with E-state index in [-0.39, 0.29) is 18.8 Å². The zero-order chi connectivity index (χ0) is 12.1. The summed E-state index contributed by atoms with van der Waals surface area (Å²) in [7, 11) is 0. The van der Waals surface area contributed by atoms with Crippen molar-refractivity contribution in [1.82, 2.24) is 0 Å². The molecule has 1 rings (SSSR count). The van der Waals surface area contributed by atoms with E-state index < -0.39 is 5.97 Å². The molecule has 1 aromatic carbocycles. The molecule has 0 aliphatic rings. The van der Waals surface area contributed by atoms with Crippen molar-refractivity contribution in [1.29, 1.82) is 0 Å². The summed E-state index contributed by atoms with van der Waals surface area (Å²) >= 11 is 9.06. The Balaban J connectivity index is 2.73. The first-order valence-corrected chi connectivity index (χ1v) is 5.85. The molecule has 0 heterocycles. The highest BCUT2D eigenvalue weighted by Gasteiger charge is 2.13. The third-order valence-corrected chi connectivity index (χ3v) is 3.08. The predicted molar refractivity (Wildman–Crippen MR) is 64.7 cm³/mol. The minimum atomic E-state index is -0.522. The van der Waals surface area contributed by atoms with Crippen molar-refractivity contribution in [3.63, 3.8) is 0 Å². The van der Waals surface area contributed by atoms with E-state index in [0.29, 0.717) is 15.1 Å². The first-order chi connectivity index (χ1) is 7.54. The van der Waals surface area contributed by atoms with Crippen LogP contribution in [0, 0.1) is 0 Å². The van der Waals surface area contributed by atoms with Gasteiger partial charge in [-0.1, -0.05) is 17.7 Å². The molecule has 0 spiro atoms. The summed E-state index contributed by atoms with van der Waals surface area (Å²) in [6, 6.07) is 4.80. The molecule has 5 heteroatoms. The van der Waals surface area contributed by atoms with Crippen molar-refractivity contribution in [3.8, 4) is 0 Å². The molecule has 0 saturated heterocycles. The minimum Gasteiger partial charge on any atom is -0.466 e. The van der Waals surface area contributed by atoms with Crippen LogP contribution in [0.4, 0.5) is 0 Å². The largest absolute Gasteiger partial charge is 0.466 e. The highest BCUT2D eigenvalue weighted by molar-refractivity contribution is 9.10. The molecular weight excluding hydrogens is 295 g/mol. The van der Waals surface area contributed by atoms with Gasteiger partial charge in [-0.25, -0.2) is 0 Å². The molecule has 86 valence electrons. The van der Waals surface area contributed by atoms with E-state index in [0.717, 1.165) is 0 Å². The summed E-state index contributed by atoms with van der Waals surface area (Å²) in [5.41, 5.74) is 0.404. The fraction of sp³-hybridized carbons (Fsp3) is 0.273. The minimum absolute atomic E-state index is 0.258. The predicted octanol–water partition coefficient (Wildman–Crippen LogP) is 3.24. The van der Waals surface area contributed by atoms with Gasteiger partial charge < -0.3 is 4.74 Å². The number of hydrogen-bond donors (Lipinski definition) is 0. The van der Waals surface area contributed by atoms with E-state index in [1.165, 1.54) is 6.07 Å². The standard InChI is InChI=1S/C11H10BrClO3/c1-2-16-11(15)6-10(14)7-3-4-8(12)9(13)5-7/h3-5H,2,6H2,1H3. The average molecular weight is 306 g/mol. The summed E-state index contributed by atoms with van der Waals surface area (Å²) in [4.78, 5) is 22.7. The van der Waals surface area contributed by atoms with Crippen LogP contribution < -0.4 is 0 Å². The van der Waals surface area contributed by atoms with Gasteiger partial charge in [-0.3, -0.25) is 9.59 Å². The maximum absolute atomic E-state index is 11.6. The number of benzene rings is 1. The summed E-state index contributed by atoms with van der Waals surface area (Å²) in [6.07, 6.45) is -0.258. The van der Waals surface area contributed by atoms with Crippen molar-refractivity contribution >= 4 is 39.3 Å². The molecule has 0 saturated carbocycles. The smallest absolute Gasteiger partial charge is 0.313 e. The Labute approximate surface area is 107 Å². The second kappa shape index (κ2) is 6.01. The van der Waals surface area contributed by atoms with Crippen molar-refractivity contribution in [2.75, 3.05) is 6.61 Å². The molecule has 0 aliphatic carbocycles. The van der Waals surface area contributed by atoms with Gasteiger partial charge in [0, 0.05) is 10.0 Å². The van der Waals surface area contributed by atoms with E-state index in [1.807, 2.05) is 0 Å². The second-order valence-corrected chi connectivity index (χ2v) is 4.30. The van der Waals surface area contributed by atoms with Gasteiger partial charge in [0.2, 0.25) is 0 Å². The topological polar surface area (TPSA) is 43.4 Å². The number of ketones is 1. The lowest BCUT2D eigenvalue weighted by atomic mass is 10.1. The Kier molecular flexibility index (Phi) is 4.96. The monoisotopic (exact) mass is 304 g/mol. The Morgan fingerprint density at radius 2 is 2.12 bits per heavy atom. The molecule has 1 aromatic rings. The molecule has 0 unspecified atom stereocenters. The molecule has 0 N–H and O–H groups in total. The Hall–Kier alpha value is -0.870. The van der Waals surface area contributed by atoms with E-state index in [1.54, 1.807) is 19.1 Å². The summed E-state index contributed by atoms with van der Waals surface area (Å²) < 4.78 is 5.40.